The van der Waals surface area contributed by atoms with Crippen molar-refractivity contribution in [1.82, 2.24) is 5.32 Å². The van der Waals surface area contributed by atoms with Crippen LogP contribution in [0.25, 0.3) is 0 Å². The van der Waals surface area contributed by atoms with Gasteiger partial charge in [0, 0.05) is 6.42 Å². The van der Waals surface area contributed by atoms with E-state index in [1.54, 1.807) is 6.08 Å². The molecule has 0 aliphatic carbocycles. The van der Waals surface area contributed by atoms with E-state index in [0.29, 0.717) is 17.4 Å². The number of likely N-dealkylation sites (N-methyl/N-ethyl adjacent to an activating group) is 1. The zero-order valence-corrected chi connectivity index (χ0v) is 48.4. The third kappa shape index (κ3) is 56.5. The van der Waals surface area contributed by atoms with Crippen molar-refractivity contribution in [1.29, 1.82) is 0 Å². The summed E-state index contributed by atoms with van der Waals surface area (Å²) >= 11 is 0. The van der Waals surface area contributed by atoms with E-state index in [0.717, 1.165) is 109 Å². The minimum Gasteiger partial charge on any atom is -0.756 e. The van der Waals surface area contributed by atoms with E-state index < -0.39 is 26.6 Å². The molecule has 0 aliphatic rings. The van der Waals surface area contributed by atoms with Crippen molar-refractivity contribution in [2.75, 3.05) is 40.9 Å². The fourth-order valence-corrected chi connectivity index (χ4v) is 8.57. The molecule has 8 nitrogen and oxygen atoms in total. The zero-order valence-electron chi connectivity index (χ0n) is 47.5. The Balaban J connectivity index is 4.22. The van der Waals surface area contributed by atoms with Crippen LogP contribution in [0.1, 0.15) is 226 Å². The summed E-state index contributed by atoms with van der Waals surface area (Å²) < 4.78 is 23.3. The Morgan fingerprint density at radius 3 is 1.22 bits per heavy atom. The Morgan fingerprint density at radius 1 is 0.493 bits per heavy atom. The molecule has 2 N–H and O–H groups in total. The highest BCUT2D eigenvalue weighted by Crippen LogP contribution is 2.38. The second-order valence-electron chi connectivity index (χ2n) is 20.6. The van der Waals surface area contributed by atoms with Crippen LogP contribution in [0, 0.1) is 0 Å². The van der Waals surface area contributed by atoms with Crippen molar-refractivity contribution >= 4 is 13.7 Å². The first-order chi connectivity index (χ1) is 35.5. The predicted octanol–water partition coefficient (Wildman–Crippen LogP) is 17.5. The van der Waals surface area contributed by atoms with Gasteiger partial charge in [0.25, 0.3) is 7.82 Å². The van der Waals surface area contributed by atoms with Crippen molar-refractivity contribution in [3.05, 3.63) is 122 Å². The SMILES string of the molecule is CC/C=C\C/C=C\C/C=C\C/C=C\C/C=C\C/C=C\C/C=C\C/C=C\C/C=C\CCCCCCCCCC(=O)NC(COP(=O)([O-])OCC[N+](C)(C)C)C(O)/C=C/CCCCCCCCCCCCCCCC. The highest BCUT2D eigenvalue weighted by atomic mass is 31.2. The van der Waals surface area contributed by atoms with Crippen LogP contribution in [-0.2, 0) is 18.4 Å². The third-order valence-electron chi connectivity index (χ3n) is 12.4. The molecule has 0 heterocycles. The summed E-state index contributed by atoms with van der Waals surface area (Å²) in [6.07, 6.45) is 79.8. The number of rotatable bonds is 52. The van der Waals surface area contributed by atoms with E-state index in [9.17, 15) is 19.4 Å². The lowest BCUT2D eigenvalue weighted by molar-refractivity contribution is -0.870. The number of quaternary nitrogens is 1. The van der Waals surface area contributed by atoms with Gasteiger partial charge in [0.2, 0.25) is 5.91 Å². The van der Waals surface area contributed by atoms with E-state index in [-0.39, 0.29) is 12.5 Å². The Labute approximate surface area is 450 Å². The Morgan fingerprint density at radius 2 is 0.836 bits per heavy atom. The number of aliphatic hydroxyl groups is 1. The fourth-order valence-electron chi connectivity index (χ4n) is 7.85. The largest absolute Gasteiger partial charge is 0.756 e. The molecule has 0 spiro atoms. The van der Waals surface area contributed by atoms with Gasteiger partial charge in [-0.15, -0.1) is 0 Å². The molecule has 9 heteroatoms. The Hall–Kier alpha value is -3.10. The van der Waals surface area contributed by atoms with Gasteiger partial charge < -0.3 is 28.8 Å². The maximum atomic E-state index is 13.0. The molecule has 0 aromatic rings. The number of phosphoric ester groups is 1. The van der Waals surface area contributed by atoms with Crippen molar-refractivity contribution in [3.8, 4) is 0 Å². The molecule has 0 saturated heterocycles. The van der Waals surface area contributed by atoms with Crippen LogP contribution < -0.4 is 10.2 Å². The van der Waals surface area contributed by atoms with Gasteiger partial charge in [0.15, 0.2) is 0 Å². The van der Waals surface area contributed by atoms with E-state index in [2.05, 4.69) is 129 Å². The molecule has 0 saturated carbocycles. The first-order valence-corrected chi connectivity index (χ1v) is 30.9. The van der Waals surface area contributed by atoms with E-state index in [1.165, 1.54) is 96.3 Å². The number of hydrogen-bond acceptors (Lipinski definition) is 6. The first-order valence-electron chi connectivity index (χ1n) is 29.4. The van der Waals surface area contributed by atoms with E-state index >= 15 is 0 Å². The molecular formula is C64H111N2O6P. The molecule has 0 aromatic heterocycles. The highest BCUT2D eigenvalue weighted by molar-refractivity contribution is 7.45. The normalized spacial score (nSPS) is 14.8. The lowest BCUT2D eigenvalue weighted by atomic mass is 10.0. The van der Waals surface area contributed by atoms with Gasteiger partial charge in [0.1, 0.15) is 13.2 Å². The summed E-state index contributed by atoms with van der Waals surface area (Å²) in [6.45, 7) is 4.52. The molecule has 0 bridgehead atoms. The van der Waals surface area contributed by atoms with E-state index in [4.69, 9.17) is 9.05 Å². The van der Waals surface area contributed by atoms with Crippen LogP contribution >= 0.6 is 7.82 Å². The van der Waals surface area contributed by atoms with Gasteiger partial charge in [-0.2, -0.15) is 0 Å². The summed E-state index contributed by atoms with van der Waals surface area (Å²) in [5.41, 5.74) is 0. The van der Waals surface area contributed by atoms with Crippen LogP contribution in [0.3, 0.4) is 0 Å². The van der Waals surface area contributed by atoms with Gasteiger partial charge >= 0.3 is 0 Å². The van der Waals surface area contributed by atoms with Crippen LogP contribution in [0.5, 0.6) is 0 Å². The predicted molar refractivity (Wildman–Crippen MR) is 315 cm³/mol. The van der Waals surface area contributed by atoms with Gasteiger partial charge in [-0.05, 0) is 89.9 Å². The molecule has 418 valence electrons. The lowest BCUT2D eigenvalue weighted by Crippen LogP contribution is -2.45. The number of amides is 1. The maximum absolute atomic E-state index is 13.0. The molecule has 0 rings (SSSR count). The van der Waals surface area contributed by atoms with Gasteiger partial charge in [-0.3, -0.25) is 9.36 Å². The number of carbonyl (C=O) groups is 1. The first kappa shape index (κ1) is 69.9. The number of phosphoric acid groups is 1. The number of carbonyl (C=O) groups excluding carboxylic acids is 1. The third-order valence-corrected chi connectivity index (χ3v) is 13.4. The number of hydrogen-bond donors (Lipinski definition) is 2. The highest BCUT2D eigenvalue weighted by Gasteiger charge is 2.23. The molecule has 0 aromatic carbocycles. The summed E-state index contributed by atoms with van der Waals surface area (Å²) in [5.74, 6) is -0.213. The molecule has 0 fully saturated rings. The van der Waals surface area contributed by atoms with Crippen molar-refractivity contribution in [2.24, 2.45) is 0 Å². The molecule has 0 radical (unpaired) electrons. The van der Waals surface area contributed by atoms with Crippen molar-refractivity contribution in [3.63, 3.8) is 0 Å². The summed E-state index contributed by atoms with van der Waals surface area (Å²) in [6, 6.07) is -0.901. The second-order valence-corrected chi connectivity index (χ2v) is 22.0. The van der Waals surface area contributed by atoms with Crippen molar-refractivity contribution < 1.29 is 32.9 Å². The Bertz CT molecular complexity index is 1600. The molecule has 0 aliphatic heterocycles. The standard InChI is InChI=1S/C64H111N2O6P/c1-6-8-10-12-14-16-18-20-22-24-25-26-27-28-29-30-31-32-33-34-35-36-37-38-39-40-41-42-44-46-48-50-52-54-56-58-64(68)65-62(61-72-73(69,70)71-60-59-66(3,4)5)63(67)57-55-53-51-49-47-45-43-23-21-19-17-15-13-11-9-7-2/h8,10,14,16,20,22,25-26,28-29,31-32,34-35,37-38,40-41,55,57,62-63,67H,6-7,9,11-13,15,17-19,21,23-24,27,30,33,36,39,42-54,56,58-61H2,1-5H3,(H-,65,68,69,70)/b10-8-,16-14-,22-20-,26-25-,29-28-,32-31-,35-34-,38-37-,41-40-,57-55+. The number of allylic oxidation sites excluding steroid dienone is 19. The van der Waals surface area contributed by atoms with Crippen LogP contribution in [0.15, 0.2) is 122 Å². The second kappa shape index (κ2) is 53.7. The van der Waals surface area contributed by atoms with Gasteiger partial charge in [-0.1, -0.05) is 251 Å². The van der Waals surface area contributed by atoms with Crippen LogP contribution in [0.4, 0.5) is 0 Å². The minimum atomic E-state index is -4.61. The monoisotopic (exact) mass is 1030 g/mol. The quantitative estimate of drug-likeness (QED) is 0.0272. The maximum Gasteiger partial charge on any atom is 0.268 e. The number of nitrogens with one attached hydrogen (secondary N) is 1. The van der Waals surface area contributed by atoms with Crippen LogP contribution in [-0.4, -0.2) is 68.5 Å². The molecule has 73 heavy (non-hydrogen) atoms. The summed E-state index contributed by atoms with van der Waals surface area (Å²) in [5, 5.41) is 13.9. The number of unbranched alkanes of at least 4 members (excludes halogenated alkanes) is 21. The average molecular weight is 1040 g/mol. The van der Waals surface area contributed by atoms with Gasteiger partial charge in [-0.25, -0.2) is 0 Å². The topological polar surface area (TPSA) is 108 Å². The summed E-state index contributed by atoms with van der Waals surface area (Å²) in [7, 11) is 1.24. The van der Waals surface area contributed by atoms with Crippen LogP contribution in [0.2, 0.25) is 0 Å². The molecule has 1 amide bonds. The number of nitrogens with zero attached hydrogens (tertiary/aromatic N) is 1. The smallest absolute Gasteiger partial charge is 0.268 e. The average Bonchev–Trinajstić information content (AvgIpc) is 3.35. The summed E-state index contributed by atoms with van der Waals surface area (Å²) in [4.78, 5) is 25.5. The Kier molecular flexibility index (Phi) is 51.4. The fraction of sp³-hybridized carbons (Fsp3) is 0.672. The van der Waals surface area contributed by atoms with E-state index in [1.807, 2.05) is 27.2 Å². The zero-order chi connectivity index (χ0) is 53.5. The molecular weight excluding hydrogens is 924 g/mol. The lowest BCUT2D eigenvalue weighted by Gasteiger charge is -2.29. The molecule has 3 atom stereocenters. The minimum absolute atomic E-state index is 0.00932. The number of aliphatic hydroxyl groups excluding tert-OH is 1. The van der Waals surface area contributed by atoms with Crippen molar-refractivity contribution in [2.45, 2.75) is 238 Å². The van der Waals surface area contributed by atoms with Gasteiger partial charge in [0.05, 0.1) is 39.9 Å². The molecule has 3 unspecified atom stereocenters.